The minimum atomic E-state index is -0.100. The van der Waals surface area contributed by atoms with E-state index in [1.165, 1.54) is 0 Å². The Labute approximate surface area is 134 Å². The Morgan fingerprint density at radius 3 is 2.78 bits per heavy atom. The number of nitrogens with one attached hydrogen (secondary N) is 1. The van der Waals surface area contributed by atoms with Crippen LogP contribution >= 0.6 is 0 Å². The molecule has 0 radical (unpaired) electrons. The van der Waals surface area contributed by atoms with Gasteiger partial charge in [-0.2, -0.15) is 5.10 Å². The number of rotatable bonds is 4. The van der Waals surface area contributed by atoms with E-state index in [1.54, 1.807) is 4.90 Å². The van der Waals surface area contributed by atoms with Gasteiger partial charge in [-0.05, 0) is 12.8 Å². The van der Waals surface area contributed by atoms with Crippen LogP contribution in [0, 0.1) is 0 Å². The van der Waals surface area contributed by atoms with Crippen molar-refractivity contribution in [2.75, 3.05) is 11.4 Å². The fourth-order valence-electron chi connectivity index (χ4n) is 2.82. The van der Waals surface area contributed by atoms with Crippen molar-refractivity contribution in [3.05, 3.63) is 36.4 Å². The highest BCUT2D eigenvalue weighted by Crippen LogP contribution is 2.28. The van der Waals surface area contributed by atoms with Crippen LogP contribution in [-0.2, 0) is 16.1 Å². The summed E-state index contributed by atoms with van der Waals surface area (Å²) in [7, 11) is 0. The van der Waals surface area contributed by atoms with Gasteiger partial charge in [-0.25, -0.2) is 4.68 Å². The summed E-state index contributed by atoms with van der Waals surface area (Å²) in [4.78, 5) is 25.8. The number of fused-ring (bicyclic) bond motifs is 1. The smallest absolute Gasteiger partial charge is 0.240 e. The van der Waals surface area contributed by atoms with E-state index in [0.717, 1.165) is 24.1 Å². The molecule has 0 bridgehead atoms. The molecule has 2 aromatic rings. The maximum absolute atomic E-state index is 12.2. The predicted octanol–water partition coefficient (Wildman–Crippen LogP) is 1.57. The summed E-state index contributed by atoms with van der Waals surface area (Å²) in [6, 6.07) is 12.0. The molecule has 1 N–H and O–H groups in total. The zero-order valence-corrected chi connectivity index (χ0v) is 12.7. The number of hydrogen-bond donors (Lipinski definition) is 1. The van der Waals surface area contributed by atoms with Gasteiger partial charge in [-0.3, -0.25) is 14.5 Å². The quantitative estimate of drug-likeness (QED) is 0.932. The Bertz CT molecular complexity index is 749. The average molecular weight is 310 g/mol. The number of aromatic nitrogens is 2. The lowest BCUT2D eigenvalue weighted by atomic mass is 10.1. The maximum atomic E-state index is 12.2. The van der Waals surface area contributed by atoms with E-state index < -0.39 is 0 Å². The maximum Gasteiger partial charge on any atom is 0.240 e. The van der Waals surface area contributed by atoms with Crippen LogP contribution in [0.5, 0.6) is 0 Å². The molecule has 1 aromatic carbocycles. The Morgan fingerprint density at radius 2 is 2.04 bits per heavy atom. The second kappa shape index (κ2) is 5.53. The first kappa shape index (κ1) is 14.0. The summed E-state index contributed by atoms with van der Waals surface area (Å²) < 4.78 is 1.81. The first-order valence-electron chi connectivity index (χ1n) is 7.94. The summed E-state index contributed by atoms with van der Waals surface area (Å²) in [5, 5.41) is 7.51. The normalized spacial score (nSPS) is 17.0. The Morgan fingerprint density at radius 1 is 1.26 bits per heavy atom. The van der Waals surface area contributed by atoms with Crippen LogP contribution in [0.15, 0.2) is 36.4 Å². The molecule has 0 atom stereocenters. The topological polar surface area (TPSA) is 67.2 Å². The lowest BCUT2D eigenvalue weighted by molar-refractivity contribution is -0.124. The molecule has 1 aliphatic carbocycles. The molecule has 1 aliphatic heterocycles. The van der Waals surface area contributed by atoms with E-state index in [0.29, 0.717) is 24.8 Å². The fraction of sp³-hybridized carbons (Fsp3) is 0.353. The van der Waals surface area contributed by atoms with Crippen molar-refractivity contribution in [2.45, 2.75) is 31.8 Å². The standard InChI is InChI=1S/C17H18N4O2/c22-15(18-13-6-7-13)11-20-16-10-14(12-4-2-1-3-5-12)19-21(16)9-8-17(20)23/h1-5,10,13H,6-9,11H2,(H,18,22). The predicted molar refractivity (Wildman–Crippen MR) is 85.8 cm³/mol. The molecule has 4 rings (SSSR count). The highest BCUT2D eigenvalue weighted by atomic mass is 16.2. The molecule has 2 heterocycles. The number of benzene rings is 1. The van der Waals surface area contributed by atoms with Crippen molar-refractivity contribution in [1.29, 1.82) is 0 Å². The highest BCUT2D eigenvalue weighted by Gasteiger charge is 2.30. The number of aryl methyl sites for hydroxylation is 1. The number of carbonyl (C=O) groups excluding carboxylic acids is 2. The molecule has 6 nitrogen and oxygen atoms in total. The zero-order chi connectivity index (χ0) is 15.8. The van der Waals surface area contributed by atoms with Crippen molar-refractivity contribution in [2.24, 2.45) is 0 Å². The van der Waals surface area contributed by atoms with Crippen molar-refractivity contribution < 1.29 is 9.59 Å². The largest absolute Gasteiger partial charge is 0.352 e. The molecule has 118 valence electrons. The van der Waals surface area contributed by atoms with Crippen LogP contribution < -0.4 is 10.2 Å². The zero-order valence-electron chi connectivity index (χ0n) is 12.7. The molecule has 1 aromatic heterocycles. The molecule has 6 heteroatoms. The summed E-state index contributed by atoms with van der Waals surface area (Å²) in [5.74, 6) is 0.575. The first-order chi connectivity index (χ1) is 11.2. The van der Waals surface area contributed by atoms with Gasteiger partial charge in [0.05, 0.1) is 12.2 Å². The molecule has 1 saturated carbocycles. The van der Waals surface area contributed by atoms with Crippen molar-refractivity contribution in [3.63, 3.8) is 0 Å². The van der Waals surface area contributed by atoms with Crippen LogP contribution in [0.3, 0.4) is 0 Å². The third kappa shape index (κ3) is 2.84. The van der Waals surface area contributed by atoms with Crippen LogP contribution in [0.2, 0.25) is 0 Å². The van der Waals surface area contributed by atoms with Gasteiger partial charge in [-0.1, -0.05) is 30.3 Å². The van der Waals surface area contributed by atoms with Crippen molar-refractivity contribution in [1.82, 2.24) is 15.1 Å². The van der Waals surface area contributed by atoms with E-state index >= 15 is 0 Å². The Hall–Kier alpha value is -2.63. The molecule has 0 saturated heterocycles. The van der Waals surface area contributed by atoms with Crippen LogP contribution in [-0.4, -0.2) is 34.2 Å². The van der Waals surface area contributed by atoms with Crippen LogP contribution in [0.25, 0.3) is 11.3 Å². The van der Waals surface area contributed by atoms with Gasteiger partial charge < -0.3 is 5.32 Å². The second-order valence-corrected chi connectivity index (χ2v) is 6.05. The molecule has 2 amide bonds. The molecular formula is C17H18N4O2. The van der Waals surface area contributed by atoms with Crippen molar-refractivity contribution in [3.8, 4) is 11.3 Å². The van der Waals surface area contributed by atoms with Gasteiger partial charge in [0.2, 0.25) is 11.8 Å². The molecule has 23 heavy (non-hydrogen) atoms. The number of carbonyl (C=O) groups is 2. The van der Waals surface area contributed by atoms with E-state index in [9.17, 15) is 9.59 Å². The van der Waals surface area contributed by atoms with Gasteiger partial charge in [0.1, 0.15) is 12.4 Å². The number of nitrogens with zero attached hydrogens (tertiary/aromatic N) is 3. The van der Waals surface area contributed by atoms with Crippen LogP contribution in [0.1, 0.15) is 19.3 Å². The van der Waals surface area contributed by atoms with Gasteiger partial charge in [0, 0.05) is 24.1 Å². The molecular weight excluding hydrogens is 292 g/mol. The Kier molecular flexibility index (Phi) is 3.37. The molecule has 2 aliphatic rings. The number of anilines is 1. The van der Waals surface area contributed by atoms with Crippen LogP contribution in [0.4, 0.5) is 5.82 Å². The monoisotopic (exact) mass is 310 g/mol. The van der Waals surface area contributed by atoms with Gasteiger partial charge >= 0.3 is 0 Å². The highest BCUT2D eigenvalue weighted by molar-refractivity contribution is 5.99. The SMILES string of the molecule is O=C(CN1C(=O)CCn2nc(-c3ccccc3)cc21)NC1CC1. The minimum Gasteiger partial charge on any atom is -0.352 e. The first-order valence-corrected chi connectivity index (χ1v) is 7.94. The van der Waals surface area contributed by atoms with Gasteiger partial charge in [0.25, 0.3) is 0 Å². The summed E-state index contributed by atoms with van der Waals surface area (Å²) in [6.07, 6.45) is 2.45. The van der Waals surface area contributed by atoms with E-state index in [1.807, 2.05) is 41.1 Å². The second-order valence-electron chi connectivity index (χ2n) is 6.05. The fourth-order valence-corrected chi connectivity index (χ4v) is 2.82. The van der Waals surface area contributed by atoms with E-state index in [-0.39, 0.29) is 18.4 Å². The summed E-state index contributed by atoms with van der Waals surface area (Å²) >= 11 is 0. The lowest BCUT2D eigenvalue weighted by Crippen LogP contribution is -2.44. The van der Waals surface area contributed by atoms with E-state index in [4.69, 9.17) is 0 Å². The third-order valence-corrected chi connectivity index (χ3v) is 4.19. The van der Waals surface area contributed by atoms with E-state index in [2.05, 4.69) is 10.4 Å². The number of hydrogen-bond acceptors (Lipinski definition) is 3. The van der Waals surface area contributed by atoms with Crippen molar-refractivity contribution >= 4 is 17.6 Å². The third-order valence-electron chi connectivity index (χ3n) is 4.19. The molecule has 1 fully saturated rings. The lowest BCUT2D eigenvalue weighted by Gasteiger charge is -2.26. The molecule has 0 spiro atoms. The summed E-state index contributed by atoms with van der Waals surface area (Å²) in [6.45, 7) is 0.622. The van der Waals surface area contributed by atoms with Gasteiger partial charge in [0.15, 0.2) is 0 Å². The molecule has 0 unspecified atom stereocenters. The van der Waals surface area contributed by atoms with Gasteiger partial charge in [-0.15, -0.1) is 0 Å². The number of amides is 2. The average Bonchev–Trinajstić information content (AvgIpc) is 3.26. The summed E-state index contributed by atoms with van der Waals surface area (Å²) in [5.41, 5.74) is 1.83. The Balaban J connectivity index is 1.60. The minimum absolute atomic E-state index is 0.0250.